The SMILES string of the molecule is Fc1cccc(C(Cl)c2ncco2)c1. The van der Waals surface area contributed by atoms with E-state index >= 15 is 0 Å². The molecule has 1 aromatic carbocycles. The van der Waals surface area contributed by atoms with Crippen LogP contribution in [0.4, 0.5) is 4.39 Å². The number of hydrogen-bond donors (Lipinski definition) is 0. The van der Waals surface area contributed by atoms with E-state index in [1.54, 1.807) is 12.1 Å². The Labute approximate surface area is 85.3 Å². The van der Waals surface area contributed by atoms with Gasteiger partial charge >= 0.3 is 0 Å². The fraction of sp³-hybridized carbons (Fsp3) is 0.100. The molecule has 1 aromatic heterocycles. The van der Waals surface area contributed by atoms with Gasteiger partial charge in [0.25, 0.3) is 0 Å². The summed E-state index contributed by atoms with van der Waals surface area (Å²) >= 11 is 6.02. The zero-order valence-corrected chi connectivity index (χ0v) is 7.91. The summed E-state index contributed by atoms with van der Waals surface area (Å²) in [5, 5.41) is -0.541. The van der Waals surface area contributed by atoms with Crippen molar-refractivity contribution in [2.45, 2.75) is 5.38 Å². The smallest absolute Gasteiger partial charge is 0.216 e. The lowest BCUT2D eigenvalue weighted by Gasteiger charge is -2.04. The molecule has 2 rings (SSSR count). The molecule has 1 unspecified atom stereocenters. The minimum Gasteiger partial charge on any atom is -0.447 e. The highest BCUT2D eigenvalue weighted by atomic mass is 35.5. The van der Waals surface area contributed by atoms with Gasteiger partial charge in [0.05, 0.1) is 6.20 Å². The summed E-state index contributed by atoms with van der Waals surface area (Å²) in [6.07, 6.45) is 2.94. The first-order valence-electron chi connectivity index (χ1n) is 4.06. The first kappa shape index (κ1) is 9.21. The van der Waals surface area contributed by atoms with Crippen LogP contribution in [0.15, 0.2) is 41.1 Å². The standard InChI is InChI=1S/C10H7ClFNO/c11-9(10-13-4-5-14-10)7-2-1-3-8(12)6-7/h1-6,9H. The number of nitrogens with zero attached hydrogens (tertiary/aromatic N) is 1. The van der Waals surface area contributed by atoms with Gasteiger partial charge in [-0.1, -0.05) is 12.1 Å². The van der Waals surface area contributed by atoms with E-state index in [4.69, 9.17) is 16.0 Å². The lowest BCUT2D eigenvalue weighted by molar-refractivity contribution is 0.501. The second-order valence-electron chi connectivity index (χ2n) is 2.79. The molecule has 0 N–H and O–H groups in total. The topological polar surface area (TPSA) is 26.0 Å². The molecule has 1 heterocycles. The number of rotatable bonds is 2. The predicted octanol–water partition coefficient (Wildman–Crippen LogP) is 3.14. The van der Waals surface area contributed by atoms with Gasteiger partial charge in [-0.2, -0.15) is 0 Å². The average molecular weight is 212 g/mol. The van der Waals surface area contributed by atoms with Crippen LogP contribution in [0, 0.1) is 5.82 Å². The van der Waals surface area contributed by atoms with Gasteiger partial charge < -0.3 is 4.42 Å². The third kappa shape index (κ3) is 1.77. The molecule has 0 aliphatic rings. The van der Waals surface area contributed by atoms with Crippen LogP contribution in [0.2, 0.25) is 0 Å². The van der Waals surface area contributed by atoms with E-state index in [9.17, 15) is 4.39 Å². The molecule has 0 radical (unpaired) electrons. The Morgan fingerprint density at radius 1 is 1.43 bits per heavy atom. The Morgan fingerprint density at radius 2 is 2.29 bits per heavy atom. The maximum atomic E-state index is 12.9. The summed E-state index contributed by atoms with van der Waals surface area (Å²) in [6.45, 7) is 0. The number of alkyl halides is 1. The molecule has 2 nitrogen and oxygen atoms in total. The van der Waals surface area contributed by atoms with Gasteiger partial charge in [-0.25, -0.2) is 9.37 Å². The number of aromatic nitrogens is 1. The molecule has 0 amide bonds. The molecule has 0 spiro atoms. The van der Waals surface area contributed by atoms with Gasteiger partial charge in [0.15, 0.2) is 0 Å². The van der Waals surface area contributed by atoms with Crippen LogP contribution in [0.5, 0.6) is 0 Å². The second kappa shape index (κ2) is 3.80. The first-order valence-corrected chi connectivity index (χ1v) is 4.50. The molecule has 14 heavy (non-hydrogen) atoms. The summed E-state index contributed by atoms with van der Waals surface area (Å²) < 4.78 is 17.9. The number of benzene rings is 1. The maximum Gasteiger partial charge on any atom is 0.216 e. The summed E-state index contributed by atoms with van der Waals surface area (Å²) in [4.78, 5) is 3.90. The third-order valence-corrected chi connectivity index (χ3v) is 2.25. The molecule has 1 atom stereocenters. The molecule has 0 saturated carbocycles. The highest BCUT2D eigenvalue weighted by Gasteiger charge is 2.15. The van der Waals surface area contributed by atoms with E-state index in [-0.39, 0.29) is 5.82 Å². The van der Waals surface area contributed by atoms with Gasteiger partial charge in [-0.05, 0) is 17.7 Å². The van der Waals surface area contributed by atoms with Crippen molar-refractivity contribution >= 4 is 11.6 Å². The molecule has 0 bridgehead atoms. The third-order valence-electron chi connectivity index (χ3n) is 1.81. The van der Waals surface area contributed by atoms with Crippen LogP contribution in [0.1, 0.15) is 16.8 Å². The zero-order valence-electron chi connectivity index (χ0n) is 7.15. The Hall–Kier alpha value is -1.35. The van der Waals surface area contributed by atoms with Crippen LogP contribution in [-0.4, -0.2) is 4.98 Å². The van der Waals surface area contributed by atoms with Gasteiger partial charge in [-0.15, -0.1) is 11.6 Å². The van der Waals surface area contributed by atoms with Gasteiger partial charge in [0.1, 0.15) is 17.5 Å². The summed E-state index contributed by atoms with van der Waals surface area (Å²) in [6, 6.07) is 6.05. The summed E-state index contributed by atoms with van der Waals surface area (Å²) in [5.74, 6) is 0.0528. The predicted molar refractivity (Wildman–Crippen MR) is 50.6 cm³/mol. The Morgan fingerprint density at radius 3 is 2.93 bits per heavy atom. The van der Waals surface area contributed by atoms with E-state index in [1.165, 1.54) is 24.6 Å². The van der Waals surface area contributed by atoms with E-state index in [2.05, 4.69) is 4.98 Å². The van der Waals surface area contributed by atoms with Crippen LogP contribution >= 0.6 is 11.6 Å². The quantitative estimate of drug-likeness (QED) is 0.714. The Kier molecular flexibility index (Phi) is 2.50. The molecule has 0 saturated heterocycles. The molecule has 0 fully saturated rings. The van der Waals surface area contributed by atoms with Crippen molar-refractivity contribution in [3.63, 3.8) is 0 Å². The van der Waals surface area contributed by atoms with Crippen molar-refractivity contribution in [2.24, 2.45) is 0 Å². The maximum absolute atomic E-state index is 12.9. The van der Waals surface area contributed by atoms with Crippen molar-refractivity contribution in [3.8, 4) is 0 Å². The second-order valence-corrected chi connectivity index (χ2v) is 3.22. The zero-order chi connectivity index (χ0) is 9.97. The first-order chi connectivity index (χ1) is 6.77. The normalized spacial score (nSPS) is 12.7. The monoisotopic (exact) mass is 211 g/mol. The number of oxazole rings is 1. The van der Waals surface area contributed by atoms with Crippen molar-refractivity contribution in [1.29, 1.82) is 0 Å². The molecular weight excluding hydrogens is 205 g/mol. The molecule has 72 valence electrons. The van der Waals surface area contributed by atoms with Crippen LogP contribution in [-0.2, 0) is 0 Å². The van der Waals surface area contributed by atoms with Crippen molar-refractivity contribution in [1.82, 2.24) is 4.98 Å². The molecule has 2 aromatic rings. The lowest BCUT2D eigenvalue weighted by atomic mass is 10.1. The molecule has 0 aliphatic carbocycles. The van der Waals surface area contributed by atoms with Crippen LogP contribution < -0.4 is 0 Å². The minimum absolute atomic E-state index is 0.320. The fourth-order valence-electron chi connectivity index (χ4n) is 1.17. The summed E-state index contributed by atoms with van der Waals surface area (Å²) in [7, 11) is 0. The number of hydrogen-bond acceptors (Lipinski definition) is 2. The largest absolute Gasteiger partial charge is 0.447 e. The van der Waals surface area contributed by atoms with Gasteiger partial charge in [-0.3, -0.25) is 0 Å². The van der Waals surface area contributed by atoms with E-state index in [1.807, 2.05) is 0 Å². The molecular formula is C10H7ClFNO. The minimum atomic E-state index is -0.541. The Bertz CT molecular complexity index is 416. The number of halogens is 2. The van der Waals surface area contributed by atoms with Crippen LogP contribution in [0.25, 0.3) is 0 Å². The van der Waals surface area contributed by atoms with Crippen molar-refractivity contribution < 1.29 is 8.81 Å². The van der Waals surface area contributed by atoms with Crippen LogP contribution in [0.3, 0.4) is 0 Å². The fourth-order valence-corrected chi connectivity index (χ4v) is 1.41. The van der Waals surface area contributed by atoms with Gasteiger partial charge in [0.2, 0.25) is 5.89 Å². The van der Waals surface area contributed by atoms with E-state index in [0.29, 0.717) is 11.5 Å². The van der Waals surface area contributed by atoms with E-state index < -0.39 is 5.38 Å². The lowest BCUT2D eigenvalue weighted by Crippen LogP contribution is -1.93. The Balaban J connectivity index is 2.32. The highest BCUT2D eigenvalue weighted by molar-refractivity contribution is 6.22. The molecule has 0 aliphatic heterocycles. The van der Waals surface area contributed by atoms with E-state index in [0.717, 1.165) is 0 Å². The van der Waals surface area contributed by atoms with Crippen molar-refractivity contribution in [3.05, 3.63) is 54.0 Å². The molecule has 4 heteroatoms. The average Bonchev–Trinajstić information content (AvgIpc) is 2.69. The summed E-state index contributed by atoms with van der Waals surface area (Å²) in [5.41, 5.74) is 0.633. The van der Waals surface area contributed by atoms with Crippen molar-refractivity contribution in [2.75, 3.05) is 0 Å². The van der Waals surface area contributed by atoms with Gasteiger partial charge in [0, 0.05) is 0 Å². The highest BCUT2D eigenvalue weighted by Crippen LogP contribution is 2.27.